The lowest BCUT2D eigenvalue weighted by Crippen LogP contribution is -2.38. The van der Waals surface area contributed by atoms with E-state index in [1.54, 1.807) is 5.06 Å². The van der Waals surface area contributed by atoms with E-state index in [1.165, 1.54) is 12.3 Å². The van der Waals surface area contributed by atoms with Crippen LogP contribution < -0.4 is 11.1 Å². The van der Waals surface area contributed by atoms with Gasteiger partial charge in [0.1, 0.15) is 5.69 Å². The highest BCUT2D eigenvalue weighted by atomic mass is 35.5. The molecular formula is C21H24ClN5O3. The minimum absolute atomic E-state index is 0.0397. The highest BCUT2D eigenvalue weighted by molar-refractivity contribution is 6.30. The van der Waals surface area contributed by atoms with Gasteiger partial charge in [-0.1, -0.05) is 23.7 Å². The zero-order valence-corrected chi connectivity index (χ0v) is 17.2. The Bertz CT molecular complexity index is 915. The number of aromatic nitrogens is 2. The van der Waals surface area contributed by atoms with E-state index in [0.717, 1.165) is 37.7 Å². The summed E-state index contributed by atoms with van der Waals surface area (Å²) in [5.74, 6) is -0.242. The number of amides is 2. The van der Waals surface area contributed by atoms with E-state index in [2.05, 4.69) is 15.3 Å². The number of nitrogens with two attached hydrogens (primary N) is 1. The zero-order valence-electron chi connectivity index (χ0n) is 16.5. The maximum absolute atomic E-state index is 13.1. The van der Waals surface area contributed by atoms with Gasteiger partial charge in [0.2, 0.25) is 11.9 Å². The molecule has 0 bridgehead atoms. The van der Waals surface area contributed by atoms with E-state index < -0.39 is 5.91 Å². The summed E-state index contributed by atoms with van der Waals surface area (Å²) in [4.78, 5) is 38.4. The highest BCUT2D eigenvalue weighted by Gasteiger charge is 2.37. The van der Waals surface area contributed by atoms with E-state index in [1.807, 2.05) is 24.3 Å². The number of primary amides is 1. The molecule has 2 aliphatic rings. The van der Waals surface area contributed by atoms with Gasteiger partial charge in [-0.2, -0.15) is 0 Å². The van der Waals surface area contributed by atoms with Crippen molar-refractivity contribution in [1.29, 1.82) is 0 Å². The molecule has 2 amide bonds. The number of nitrogens with zero attached hydrogens (tertiary/aromatic N) is 3. The number of carbonyl (C=O) groups excluding carboxylic acids is 2. The van der Waals surface area contributed by atoms with Crippen molar-refractivity contribution in [3.8, 4) is 0 Å². The maximum Gasteiger partial charge on any atom is 0.267 e. The fourth-order valence-electron chi connectivity index (χ4n) is 4.09. The first-order chi connectivity index (χ1) is 14.5. The first-order valence-corrected chi connectivity index (χ1v) is 10.5. The molecular weight excluding hydrogens is 406 g/mol. The lowest BCUT2D eigenvalue weighted by Gasteiger charge is -2.32. The van der Waals surface area contributed by atoms with Crippen LogP contribution in [0, 0.1) is 5.92 Å². The average Bonchev–Trinajstić information content (AvgIpc) is 3.24. The Morgan fingerprint density at radius 2 is 1.83 bits per heavy atom. The summed E-state index contributed by atoms with van der Waals surface area (Å²) in [6, 6.07) is 9.12. The second kappa shape index (κ2) is 8.97. The van der Waals surface area contributed by atoms with Gasteiger partial charge in [-0.25, -0.2) is 15.0 Å². The molecule has 0 spiro atoms. The van der Waals surface area contributed by atoms with E-state index in [9.17, 15) is 9.59 Å². The normalized spacial score (nSPS) is 23.9. The first kappa shape index (κ1) is 20.6. The van der Waals surface area contributed by atoms with Crippen molar-refractivity contribution in [3.63, 3.8) is 0 Å². The topological polar surface area (TPSA) is 110 Å². The predicted octanol–water partition coefficient (Wildman–Crippen LogP) is 3.10. The van der Waals surface area contributed by atoms with Gasteiger partial charge < -0.3 is 11.1 Å². The lowest BCUT2D eigenvalue weighted by atomic mass is 9.85. The Hall–Kier alpha value is -2.71. The van der Waals surface area contributed by atoms with Gasteiger partial charge in [-0.05, 0) is 49.4 Å². The number of halogens is 1. The second-order valence-corrected chi connectivity index (χ2v) is 8.11. The molecule has 1 aromatic carbocycles. The monoisotopic (exact) mass is 429 g/mol. The van der Waals surface area contributed by atoms with Gasteiger partial charge in [-0.3, -0.25) is 14.4 Å². The van der Waals surface area contributed by atoms with Crippen LogP contribution in [0.4, 0.5) is 5.95 Å². The smallest absolute Gasteiger partial charge is 0.267 e. The molecule has 1 saturated heterocycles. The first-order valence-electron chi connectivity index (χ1n) is 10.1. The van der Waals surface area contributed by atoms with Gasteiger partial charge >= 0.3 is 0 Å². The highest BCUT2D eigenvalue weighted by Crippen LogP contribution is 2.35. The molecule has 1 aliphatic carbocycles. The largest absolute Gasteiger partial charge is 0.364 e. The van der Waals surface area contributed by atoms with Crippen LogP contribution in [0.25, 0.3) is 0 Å². The fourth-order valence-corrected chi connectivity index (χ4v) is 4.21. The molecule has 4 rings (SSSR count). The Balaban J connectivity index is 1.34. The predicted molar refractivity (Wildman–Crippen MR) is 112 cm³/mol. The number of rotatable bonds is 5. The standard InChI is InChI=1S/C21H24ClN5O3/c22-15-5-1-13(2-6-15)18-10-12-30-27(18)20(29)14-3-7-16(8-4-14)25-21-24-11-9-17(26-21)19(23)28/h1-2,5-6,9,11,14,16,18H,3-4,7-8,10,12H2,(H2,23,28)(H,24,25,26)/t14-,16+,18-/m0/s1. The van der Waals surface area contributed by atoms with Crippen molar-refractivity contribution >= 4 is 29.4 Å². The van der Waals surface area contributed by atoms with Crippen LogP contribution in [0.2, 0.25) is 5.02 Å². The molecule has 8 nitrogen and oxygen atoms in total. The summed E-state index contributed by atoms with van der Waals surface area (Å²) in [5.41, 5.74) is 6.48. The number of nitrogens with one attached hydrogen (secondary N) is 1. The molecule has 2 aromatic rings. The van der Waals surface area contributed by atoms with E-state index in [0.29, 0.717) is 17.6 Å². The van der Waals surface area contributed by atoms with Crippen LogP contribution >= 0.6 is 11.6 Å². The fraction of sp³-hybridized carbons (Fsp3) is 0.429. The van der Waals surface area contributed by atoms with Gasteiger partial charge in [0.05, 0.1) is 12.6 Å². The summed E-state index contributed by atoms with van der Waals surface area (Å²) < 4.78 is 0. The summed E-state index contributed by atoms with van der Waals surface area (Å²) in [6.45, 7) is 0.531. The van der Waals surface area contributed by atoms with Crippen LogP contribution in [0.5, 0.6) is 0 Å². The molecule has 1 aliphatic heterocycles. The molecule has 1 saturated carbocycles. The molecule has 3 N–H and O–H groups in total. The third kappa shape index (κ3) is 4.55. The molecule has 1 atom stereocenters. The molecule has 2 heterocycles. The summed E-state index contributed by atoms with van der Waals surface area (Å²) in [6.07, 6.45) is 5.39. The minimum atomic E-state index is -0.587. The number of hydrogen-bond donors (Lipinski definition) is 2. The minimum Gasteiger partial charge on any atom is -0.364 e. The number of hydrogen-bond acceptors (Lipinski definition) is 6. The number of benzene rings is 1. The number of carbonyl (C=O) groups is 2. The molecule has 1 aromatic heterocycles. The number of anilines is 1. The second-order valence-electron chi connectivity index (χ2n) is 7.68. The van der Waals surface area contributed by atoms with E-state index >= 15 is 0 Å². The summed E-state index contributed by atoms with van der Waals surface area (Å²) in [5, 5.41) is 5.48. The van der Waals surface area contributed by atoms with Gasteiger partial charge in [-0.15, -0.1) is 0 Å². The molecule has 2 fully saturated rings. The summed E-state index contributed by atoms with van der Waals surface area (Å²) in [7, 11) is 0. The van der Waals surface area contributed by atoms with Crippen LogP contribution in [0.1, 0.15) is 54.2 Å². The van der Waals surface area contributed by atoms with Crippen LogP contribution in [-0.2, 0) is 9.63 Å². The SMILES string of the molecule is NC(=O)c1ccnc(N[C@H]2CC[C@@H](C(=O)N3OCC[C@H]3c3ccc(Cl)cc3)CC2)n1. The third-order valence-corrected chi connectivity index (χ3v) is 5.95. The van der Waals surface area contributed by atoms with Gasteiger partial charge in [0, 0.05) is 29.6 Å². The Morgan fingerprint density at radius 3 is 2.53 bits per heavy atom. The molecule has 158 valence electrons. The van der Waals surface area contributed by atoms with Crippen molar-refractivity contribution in [1.82, 2.24) is 15.0 Å². The lowest BCUT2D eigenvalue weighted by molar-refractivity contribution is -0.182. The van der Waals surface area contributed by atoms with E-state index in [-0.39, 0.29) is 29.6 Å². The van der Waals surface area contributed by atoms with Crippen LogP contribution in [0.3, 0.4) is 0 Å². The average molecular weight is 430 g/mol. The molecule has 9 heteroatoms. The van der Waals surface area contributed by atoms with E-state index in [4.69, 9.17) is 22.2 Å². The molecule has 0 unspecified atom stereocenters. The maximum atomic E-state index is 13.1. The van der Waals surface area contributed by atoms with Gasteiger partial charge in [0.25, 0.3) is 5.91 Å². The summed E-state index contributed by atoms with van der Waals surface area (Å²) >= 11 is 5.99. The zero-order chi connectivity index (χ0) is 21.1. The third-order valence-electron chi connectivity index (χ3n) is 5.69. The van der Waals surface area contributed by atoms with Gasteiger partial charge in [0.15, 0.2) is 0 Å². The van der Waals surface area contributed by atoms with Crippen molar-refractivity contribution in [2.45, 2.75) is 44.2 Å². The van der Waals surface area contributed by atoms with Crippen molar-refractivity contribution in [2.24, 2.45) is 11.7 Å². The molecule has 30 heavy (non-hydrogen) atoms. The molecule has 0 radical (unpaired) electrons. The number of hydroxylamine groups is 2. The van der Waals surface area contributed by atoms with Crippen LogP contribution in [0.15, 0.2) is 36.5 Å². The quantitative estimate of drug-likeness (QED) is 0.755. The Labute approximate surface area is 179 Å². The van der Waals surface area contributed by atoms with Crippen molar-refractivity contribution in [2.75, 3.05) is 11.9 Å². The Kier molecular flexibility index (Phi) is 6.15. The Morgan fingerprint density at radius 1 is 1.10 bits per heavy atom. The van der Waals surface area contributed by atoms with Crippen molar-refractivity contribution in [3.05, 3.63) is 52.8 Å². The van der Waals surface area contributed by atoms with Crippen LogP contribution in [-0.4, -0.2) is 39.5 Å². The van der Waals surface area contributed by atoms with Crippen molar-refractivity contribution < 1.29 is 14.4 Å².